The molecule has 0 aliphatic rings. The number of phosphoric acid groups is 2. The van der Waals surface area contributed by atoms with Gasteiger partial charge in [-0.2, -0.15) is 0 Å². The van der Waals surface area contributed by atoms with Gasteiger partial charge in [0.2, 0.25) is 0 Å². The molecule has 0 fully saturated rings. The number of esters is 4. The third-order valence-corrected chi connectivity index (χ3v) is 21.7. The summed E-state index contributed by atoms with van der Waals surface area (Å²) in [6, 6.07) is 0. The second-order valence-corrected chi connectivity index (χ2v) is 33.5. The van der Waals surface area contributed by atoms with Crippen LogP contribution in [0.3, 0.4) is 0 Å². The molecule has 0 heterocycles. The molecule has 0 saturated heterocycles. The van der Waals surface area contributed by atoms with E-state index in [9.17, 15) is 43.2 Å². The van der Waals surface area contributed by atoms with E-state index in [2.05, 4.69) is 41.5 Å². The minimum absolute atomic E-state index is 0.106. The van der Waals surface area contributed by atoms with Crippen molar-refractivity contribution in [1.29, 1.82) is 0 Å². The molecule has 606 valence electrons. The molecular weight excluding hydrogens is 1330 g/mol. The molecule has 0 spiro atoms. The first-order valence-corrected chi connectivity index (χ1v) is 46.0. The van der Waals surface area contributed by atoms with Crippen LogP contribution in [0.15, 0.2) is 0 Å². The van der Waals surface area contributed by atoms with Gasteiger partial charge in [-0.3, -0.25) is 37.3 Å². The first-order chi connectivity index (χ1) is 49.4. The fraction of sp³-hybridized carbons (Fsp3) is 0.952. The maximum atomic E-state index is 13.1. The molecule has 17 nitrogen and oxygen atoms in total. The van der Waals surface area contributed by atoms with Crippen LogP contribution in [0, 0.1) is 11.8 Å². The van der Waals surface area contributed by atoms with E-state index in [1.165, 1.54) is 250 Å². The summed E-state index contributed by atoms with van der Waals surface area (Å²) in [5.74, 6) is -0.501. The van der Waals surface area contributed by atoms with Gasteiger partial charge in [-0.15, -0.1) is 0 Å². The van der Waals surface area contributed by atoms with Crippen LogP contribution in [0.2, 0.25) is 0 Å². The highest BCUT2D eigenvalue weighted by Gasteiger charge is 2.30. The normalized spacial score (nSPS) is 14.1. The number of carbonyl (C=O) groups excluding carboxylic acids is 4. The first kappa shape index (κ1) is 100. The van der Waals surface area contributed by atoms with Gasteiger partial charge in [0, 0.05) is 25.7 Å². The van der Waals surface area contributed by atoms with Gasteiger partial charge in [0.15, 0.2) is 12.2 Å². The zero-order chi connectivity index (χ0) is 74.9. The van der Waals surface area contributed by atoms with Crippen molar-refractivity contribution >= 4 is 39.5 Å². The van der Waals surface area contributed by atoms with E-state index < -0.39 is 97.5 Å². The summed E-state index contributed by atoms with van der Waals surface area (Å²) in [6.45, 7) is 9.67. The van der Waals surface area contributed by atoms with Crippen LogP contribution in [-0.2, 0) is 65.4 Å². The molecule has 0 aromatic rings. The summed E-state index contributed by atoms with van der Waals surface area (Å²) < 4.78 is 68.7. The molecule has 102 heavy (non-hydrogen) atoms. The first-order valence-electron chi connectivity index (χ1n) is 43.0. The fourth-order valence-corrected chi connectivity index (χ4v) is 14.4. The zero-order valence-corrected chi connectivity index (χ0v) is 68.7. The summed E-state index contributed by atoms with van der Waals surface area (Å²) in [7, 11) is -9.92. The van der Waals surface area contributed by atoms with Crippen molar-refractivity contribution in [3.05, 3.63) is 0 Å². The number of aliphatic hydroxyl groups is 1. The Balaban J connectivity index is 5.19. The van der Waals surface area contributed by atoms with Crippen molar-refractivity contribution in [2.24, 2.45) is 11.8 Å². The molecule has 0 amide bonds. The third kappa shape index (κ3) is 74.9. The molecule has 0 rings (SSSR count). The van der Waals surface area contributed by atoms with Crippen LogP contribution in [-0.4, -0.2) is 96.7 Å². The summed E-state index contributed by atoms with van der Waals surface area (Å²) >= 11 is 0. The van der Waals surface area contributed by atoms with Gasteiger partial charge in [-0.05, 0) is 37.5 Å². The van der Waals surface area contributed by atoms with Crippen LogP contribution in [0.4, 0.5) is 0 Å². The number of ether oxygens (including phenoxy) is 4. The summed E-state index contributed by atoms with van der Waals surface area (Å²) in [5, 5.41) is 10.6. The molecule has 0 aliphatic heterocycles. The van der Waals surface area contributed by atoms with Crippen LogP contribution >= 0.6 is 15.6 Å². The monoisotopic (exact) mass is 1490 g/mol. The molecule has 0 bridgehead atoms. The van der Waals surface area contributed by atoms with E-state index in [-0.39, 0.29) is 25.7 Å². The van der Waals surface area contributed by atoms with Gasteiger partial charge >= 0.3 is 39.5 Å². The Morgan fingerprint density at radius 3 is 0.745 bits per heavy atom. The molecular formula is C83H162O17P2. The molecule has 3 N–H and O–H groups in total. The van der Waals surface area contributed by atoms with Gasteiger partial charge in [-0.25, -0.2) is 9.13 Å². The molecule has 0 aromatic heterocycles. The van der Waals surface area contributed by atoms with Gasteiger partial charge in [-0.1, -0.05) is 388 Å². The third-order valence-electron chi connectivity index (χ3n) is 19.8. The number of hydrogen-bond acceptors (Lipinski definition) is 15. The number of aliphatic hydroxyl groups excluding tert-OH is 1. The average Bonchev–Trinajstić information content (AvgIpc) is 0.913. The lowest BCUT2D eigenvalue weighted by Gasteiger charge is -2.21. The van der Waals surface area contributed by atoms with Crippen molar-refractivity contribution in [3.63, 3.8) is 0 Å². The highest BCUT2D eigenvalue weighted by atomic mass is 31.2. The van der Waals surface area contributed by atoms with Crippen molar-refractivity contribution in [3.8, 4) is 0 Å². The average molecular weight is 1490 g/mol. The second-order valence-electron chi connectivity index (χ2n) is 30.6. The smallest absolute Gasteiger partial charge is 0.462 e. The van der Waals surface area contributed by atoms with Crippen LogP contribution in [0.5, 0.6) is 0 Å². The van der Waals surface area contributed by atoms with Gasteiger partial charge < -0.3 is 33.8 Å². The van der Waals surface area contributed by atoms with E-state index in [1.807, 2.05) is 0 Å². The van der Waals surface area contributed by atoms with Crippen LogP contribution in [0.1, 0.15) is 440 Å². The lowest BCUT2D eigenvalue weighted by Crippen LogP contribution is -2.30. The number of hydrogen-bond donors (Lipinski definition) is 3. The Morgan fingerprint density at radius 1 is 0.284 bits per heavy atom. The van der Waals surface area contributed by atoms with E-state index in [0.29, 0.717) is 25.7 Å². The quantitative estimate of drug-likeness (QED) is 0.0222. The number of carbonyl (C=O) groups is 4. The fourth-order valence-electron chi connectivity index (χ4n) is 12.9. The molecule has 0 saturated carbocycles. The molecule has 6 atom stereocenters. The van der Waals surface area contributed by atoms with Crippen molar-refractivity contribution in [1.82, 2.24) is 0 Å². The van der Waals surface area contributed by atoms with E-state index in [1.54, 1.807) is 0 Å². The summed E-state index contributed by atoms with van der Waals surface area (Å²) in [6.07, 6.45) is 65.4. The van der Waals surface area contributed by atoms with Crippen molar-refractivity contribution in [2.75, 3.05) is 39.6 Å². The molecule has 3 unspecified atom stereocenters. The largest absolute Gasteiger partial charge is 0.472 e. The minimum atomic E-state index is -4.96. The Labute approximate surface area is 626 Å². The predicted molar refractivity (Wildman–Crippen MR) is 418 cm³/mol. The van der Waals surface area contributed by atoms with E-state index >= 15 is 0 Å². The maximum absolute atomic E-state index is 13.1. The SMILES string of the molecule is CCCCCCCCCCCCCCCCCCCCCCCCC(=O)O[C@H](COC(=O)CCCCCCCCCCCCCCCCCC(C)C)COP(=O)(O)OC[C@@H](O)COP(=O)(O)OC[C@@H](COC(=O)CCCCCCCCCC)OC(=O)CCCCCCCCCCCCC(C)CC. The Bertz CT molecular complexity index is 1960. The Kier molecular flexibility index (Phi) is 73.1. The number of phosphoric ester groups is 2. The minimum Gasteiger partial charge on any atom is -0.462 e. The number of unbranched alkanes of at least 4 members (excludes halogenated alkanes) is 51. The van der Waals surface area contributed by atoms with E-state index in [4.69, 9.17) is 37.0 Å². The standard InChI is InChI=1S/C83H162O17P2/c1-7-10-12-14-16-18-19-20-21-22-23-24-25-26-27-30-34-37-43-49-55-61-67-82(87)100-79(72-94-81(86)66-60-54-48-42-36-33-31-28-29-32-35-40-45-51-57-63-75(4)5)74-98-102(91,92)96-70-77(84)69-95-101(89,90)97-73-78(71-93-80(85)65-59-53-47-17-15-13-11-8-2)99-83(88)68-62-56-50-44-39-38-41-46-52-58-64-76(6)9-3/h75-79,84H,7-74H2,1-6H3,(H,89,90)(H,91,92)/t76?,77-,78+,79+/m0/s1. The lowest BCUT2D eigenvalue weighted by molar-refractivity contribution is -0.161. The highest BCUT2D eigenvalue weighted by Crippen LogP contribution is 2.45. The van der Waals surface area contributed by atoms with Crippen molar-refractivity contribution < 1.29 is 80.2 Å². The predicted octanol–water partition coefficient (Wildman–Crippen LogP) is 25.1. The summed E-state index contributed by atoms with van der Waals surface area (Å²) in [5.41, 5.74) is 0. The Hall–Kier alpha value is -1.94. The van der Waals surface area contributed by atoms with Crippen LogP contribution in [0.25, 0.3) is 0 Å². The molecule has 19 heteroatoms. The topological polar surface area (TPSA) is 237 Å². The lowest BCUT2D eigenvalue weighted by atomic mass is 9.99. The summed E-state index contributed by atoms with van der Waals surface area (Å²) in [4.78, 5) is 73.0. The van der Waals surface area contributed by atoms with Crippen LogP contribution < -0.4 is 0 Å². The second kappa shape index (κ2) is 74.5. The highest BCUT2D eigenvalue weighted by molar-refractivity contribution is 7.47. The van der Waals surface area contributed by atoms with Gasteiger partial charge in [0.05, 0.1) is 26.4 Å². The maximum Gasteiger partial charge on any atom is 0.472 e. The zero-order valence-electron chi connectivity index (χ0n) is 66.9. The molecule has 0 aromatic carbocycles. The van der Waals surface area contributed by atoms with Crippen molar-refractivity contribution in [2.45, 2.75) is 458 Å². The number of rotatable bonds is 82. The molecule has 0 aliphatic carbocycles. The Morgan fingerprint density at radius 2 is 0.500 bits per heavy atom. The van der Waals surface area contributed by atoms with E-state index in [0.717, 1.165) is 108 Å². The molecule has 0 radical (unpaired) electrons. The van der Waals surface area contributed by atoms with Gasteiger partial charge in [0.1, 0.15) is 19.3 Å². The van der Waals surface area contributed by atoms with Gasteiger partial charge in [0.25, 0.3) is 0 Å².